The molecule has 20 heavy (non-hydrogen) atoms. The van der Waals surface area contributed by atoms with Gasteiger partial charge in [-0.15, -0.1) is 0 Å². The zero-order chi connectivity index (χ0) is 14.5. The summed E-state index contributed by atoms with van der Waals surface area (Å²) in [5.74, 6) is 2.50. The molecule has 0 radical (unpaired) electrons. The molecule has 0 bridgehead atoms. The van der Waals surface area contributed by atoms with Gasteiger partial charge in [-0.3, -0.25) is 4.90 Å². The smallest absolute Gasteiger partial charge is 0.122 e. The maximum absolute atomic E-state index is 6.04. The predicted octanol–water partition coefficient (Wildman–Crippen LogP) is 2.44. The summed E-state index contributed by atoms with van der Waals surface area (Å²) in [5, 5.41) is 0. The number of ether oxygens (including phenoxy) is 2. The molecule has 1 aliphatic carbocycles. The summed E-state index contributed by atoms with van der Waals surface area (Å²) in [7, 11) is 3.36. The minimum Gasteiger partial charge on any atom is -0.497 e. The van der Waals surface area contributed by atoms with Crippen molar-refractivity contribution in [2.75, 3.05) is 33.9 Å². The van der Waals surface area contributed by atoms with Crippen LogP contribution < -0.4 is 15.2 Å². The third kappa shape index (κ3) is 3.64. The highest BCUT2D eigenvalue weighted by Gasteiger charge is 2.27. The van der Waals surface area contributed by atoms with Crippen molar-refractivity contribution in [1.29, 1.82) is 0 Å². The van der Waals surface area contributed by atoms with E-state index in [0.29, 0.717) is 6.54 Å². The first kappa shape index (κ1) is 15.1. The first-order chi connectivity index (χ1) is 9.71. The summed E-state index contributed by atoms with van der Waals surface area (Å²) in [6.07, 6.45) is 2.71. The number of rotatable bonds is 8. The number of hydrogen-bond acceptors (Lipinski definition) is 4. The van der Waals surface area contributed by atoms with Gasteiger partial charge in [0.15, 0.2) is 0 Å². The molecule has 4 heteroatoms. The summed E-state index contributed by atoms with van der Waals surface area (Å²) < 4.78 is 10.7. The molecule has 1 unspecified atom stereocenters. The Morgan fingerprint density at radius 3 is 2.20 bits per heavy atom. The van der Waals surface area contributed by atoms with Crippen LogP contribution in [0, 0.1) is 5.92 Å². The van der Waals surface area contributed by atoms with Crippen LogP contribution in [0.3, 0.4) is 0 Å². The lowest BCUT2D eigenvalue weighted by atomic mass is 10.0. The number of hydrogen-bond donors (Lipinski definition) is 1. The second kappa shape index (κ2) is 6.95. The SMILES string of the molecule is CCN(CC1CC1)C(CN)c1cc(OC)cc(OC)c1. The van der Waals surface area contributed by atoms with Crippen molar-refractivity contribution in [2.45, 2.75) is 25.8 Å². The number of nitrogens with two attached hydrogens (primary N) is 1. The van der Waals surface area contributed by atoms with Gasteiger partial charge in [-0.25, -0.2) is 0 Å². The first-order valence-electron chi connectivity index (χ1n) is 7.38. The molecule has 112 valence electrons. The quantitative estimate of drug-likeness (QED) is 0.793. The van der Waals surface area contributed by atoms with Crippen molar-refractivity contribution in [2.24, 2.45) is 11.7 Å². The summed E-state index contributed by atoms with van der Waals surface area (Å²) in [6, 6.07) is 6.25. The third-order valence-corrected chi connectivity index (χ3v) is 4.02. The van der Waals surface area contributed by atoms with Crippen molar-refractivity contribution in [3.05, 3.63) is 23.8 Å². The molecule has 0 heterocycles. The Hall–Kier alpha value is -1.26. The van der Waals surface area contributed by atoms with Crippen molar-refractivity contribution in [1.82, 2.24) is 4.90 Å². The molecule has 1 atom stereocenters. The lowest BCUT2D eigenvalue weighted by Crippen LogP contribution is -2.35. The Labute approximate surface area is 121 Å². The zero-order valence-electron chi connectivity index (χ0n) is 12.8. The summed E-state index contributed by atoms with van der Waals surface area (Å²) >= 11 is 0. The van der Waals surface area contributed by atoms with Crippen LogP contribution in [0.15, 0.2) is 18.2 Å². The molecular weight excluding hydrogens is 252 g/mol. The predicted molar refractivity (Wildman–Crippen MR) is 81.3 cm³/mol. The second-order valence-corrected chi connectivity index (χ2v) is 5.43. The monoisotopic (exact) mass is 278 g/mol. The van der Waals surface area contributed by atoms with E-state index < -0.39 is 0 Å². The maximum atomic E-state index is 6.04. The Balaban J connectivity index is 2.23. The van der Waals surface area contributed by atoms with Crippen LogP contribution in [0.25, 0.3) is 0 Å². The van der Waals surface area contributed by atoms with Crippen LogP contribution in [0.2, 0.25) is 0 Å². The van der Waals surface area contributed by atoms with Gasteiger partial charge >= 0.3 is 0 Å². The minimum atomic E-state index is 0.226. The van der Waals surface area contributed by atoms with E-state index in [1.54, 1.807) is 14.2 Å². The molecule has 1 fully saturated rings. The van der Waals surface area contributed by atoms with E-state index in [4.69, 9.17) is 15.2 Å². The van der Waals surface area contributed by atoms with E-state index in [1.165, 1.54) is 18.4 Å². The van der Waals surface area contributed by atoms with Gasteiger partial charge in [0.25, 0.3) is 0 Å². The van der Waals surface area contributed by atoms with Crippen LogP contribution in [0.5, 0.6) is 11.5 Å². The van der Waals surface area contributed by atoms with Gasteiger partial charge in [0.1, 0.15) is 11.5 Å². The first-order valence-corrected chi connectivity index (χ1v) is 7.38. The number of likely N-dealkylation sites (N-methyl/N-ethyl adjacent to an activating group) is 1. The van der Waals surface area contributed by atoms with Crippen molar-refractivity contribution >= 4 is 0 Å². The lowest BCUT2D eigenvalue weighted by Gasteiger charge is -2.30. The van der Waals surface area contributed by atoms with Gasteiger partial charge in [0, 0.05) is 25.2 Å². The molecule has 1 saturated carbocycles. The van der Waals surface area contributed by atoms with Crippen molar-refractivity contribution < 1.29 is 9.47 Å². The van der Waals surface area contributed by atoms with Gasteiger partial charge in [-0.05, 0) is 43.0 Å². The van der Waals surface area contributed by atoms with E-state index >= 15 is 0 Å². The average Bonchev–Trinajstić information content (AvgIpc) is 3.30. The molecule has 1 aliphatic rings. The van der Waals surface area contributed by atoms with Gasteiger partial charge in [0.2, 0.25) is 0 Å². The highest BCUT2D eigenvalue weighted by atomic mass is 16.5. The summed E-state index contributed by atoms with van der Waals surface area (Å²) in [4.78, 5) is 2.46. The van der Waals surface area contributed by atoms with E-state index in [1.807, 2.05) is 6.07 Å². The minimum absolute atomic E-state index is 0.226. The lowest BCUT2D eigenvalue weighted by molar-refractivity contribution is 0.203. The number of nitrogens with zero attached hydrogens (tertiary/aromatic N) is 1. The summed E-state index contributed by atoms with van der Waals surface area (Å²) in [5.41, 5.74) is 7.21. The molecule has 4 nitrogen and oxygen atoms in total. The second-order valence-electron chi connectivity index (χ2n) is 5.43. The van der Waals surface area contributed by atoms with Gasteiger partial charge in [-0.2, -0.15) is 0 Å². The van der Waals surface area contributed by atoms with Crippen LogP contribution in [0.1, 0.15) is 31.4 Å². The van der Waals surface area contributed by atoms with Gasteiger partial charge < -0.3 is 15.2 Å². The molecule has 0 aromatic heterocycles. The van der Waals surface area contributed by atoms with Crippen molar-refractivity contribution in [3.8, 4) is 11.5 Å². The average molecular weight is 278 g/mol. The van der Waals surface area contributed by atoms with Crippen LogP contribution in [0.4, 0.5) is 0 Å². The zero-order valence-corrected chi connectivity index (χ0v) is 12.8. The fourth-order valence-electron chi connectivity index (χ4n) is 2.63. The van der Waals surface area contributed by atoms with Gasteiger partial charge in [0.05, 0.1) is 14.2 Å². The number of benzene rings is 1. The normalized spacial score (nSPS) is 16.2. The molecule has 1 aromatic carbocycles. The topological polar surface area (TPSA) is 47.7 Å². The molecular formula is C16H26N2O2. The van der Waals surface area contributed by atoms with E-state index in [-0.39, 0.29) is 6.04 Å². The Kier molecular flexibility index (Phi) is 5.26. The molecule has 2 N–H and O–H groups in total. The van der Waals surface area contributed by atoms with E-state index in [0.717, 1.165) is 30.5 Å². The Morgan fingerprint density at radius 1 is 1.20 bits per heavy atom. The Bertz CT molecular complexity index is 410. The third-order valence-electron chi connectivity index (χ3n) is 4.02. The number of methoxy groups -OCH3 is 2. The molecule has 0 amide bonds. The van der Waals surface area contributed by atoms with Crippen LogP contribution in [-0.2, 0) is 0 Å². The van der Waals surface area contributed by atoms with Crippen LogP contribution in [-0.4, -0.2) is 38.8 Å². The molecule has 1 aromatic rings. The molecule has 0 saturated heterocycles. The van der Waals surface area contributed by atoms with Crippen molar-refractivity contribution in [3.63, 3.8) is 0 Å². The van der Waals surface area contributed by atoms with E-state index in [9.17, 15) is 0 Å². The van der Waals surface area contributed by atoms with E-state index in [2.05, 4.69) is 24.0 Å². The highest BCUT2D eigenvalue weighted by molar-refractivity contribution is 5.40. The molecule has 2 rings (SSSR count). The largest absolute Gasteiger partial charge is 0.497 e. The van der Waals surface area contributed by atoms with Crippen LogP contribution >= 0.6 is 0 Å². The fraction of sp³-hybridized carbons (Fsp3) is 0.625. The Morgan fingerprint density at radius 2 is 1.80 bits per heavy atom. The van der Waals surface area contributed by atoms with Gasteiger partial charge in [-0.1, -0.05) is 6.92 Å². The fourth-order valence-corrected chi connectivity index (χ4v) is 2.63. The summed E-state index contributed by atoms with van der Waals surface area (Å²) in [6.45, 7) is 4.95. The highest BCUT2D eigenvalue weighted by Crippen LogP contribution is 2.34. The standard InChI is InChI=1S/C16H26N2O2/c1-4-18(11-12-5-6-12)16(10-17)13-7-14(19-2)9-15(8-13)20-3/h7-9,12,16H,4-6,10-11,17H2,1-3H3. The molecule has 0 spiro atoms. The maximum Gasteiger partial charge on any atom is 0.122 e. The molecule has 0 aliphatic heterocycles.